The molecule has 3 N–H and O–H groups in total. The third-order valence-electron chi connectivity index (χ3n) is 5.62. The van der Waals surface area contributed by atoms with Crippen LogP contribution in [0.15, 0.2) is 24.9 Å². The van der Waals surface area contributed by atoms with Gasteiger partial charge in [0.1, 0.15) is 12.0 Å². The Bertz CT molecular complexity index is 1010. The molecule has 0 saturated heterocycles. The number of nitrogens with one attached hydrogen (secondary N) is 2. The summed E-state index contributed by atoms with van der Waals surface area (Å²) in [5.74, 6) is -1.21. The number of hydrogen-bond donors (Lipinski definition) is 3. The normalized spacial score (nSPS) is 16.9. The zero-order chi connectivity index (χ0) is 19.7. The highest BCUT2D eigenvalue weighted by Crippen LogP contribution is 2.43. The number of carboxylic acids is 1. The molecule has 1 aliphatic carbocycles. The molecule has 0 spiro atoms. The molecule has 0 aliphatic heterocycles. The Morgan fingerprint density at radius 3 is 2.89 bits per heavy atom. The SMILES string of the molecule is CC1(C(CC(=O)O)Nc2nc(-c3c[nH]c4ncncc34)ncc2F)CCCC1. The molecule has 3 aromatic heterocycles. The van der Waals surface area contributed by atoms with Gasteiger partial charge < -0.3 is 15.4 Å². The lowest BCUT2D eigenvalue weighted by Crippen LogP contribution is -2.39. The maximum atomic E-state index is 14.5. The van der Waals surface area contributed by atoms with Gasteiger partial charge in [-0.05, 0) is 18.3 Å². The predicted molar refractivity (Wildman–Crippen MR) is 101 cm³/mol. The third kappa shape index (κ3) is 3.39. The van der Waals surface area contributed by atoms with E-state index >= 15 is 0 Å². The van der Waals surface area contributed by atoms with Crippen LogP contribution in [0.5, 0.6) is 0 Å². The van der Waals surface area contributed by atoms with Crippen molar-refractivity contribution in [2.24, 2.45) is 5.41 Å². The lowest BCUT2D eigenvalue weighted by Gasteiger charge is -2.34. The van der Waals surface area contributed by atoms with E-state index in [2.05, 4.69) is 37.2 Å². The van der Waals surface area contributed by atoms with E-state index in [1.54, 1.807) is 12.4 Å². The van der Waals surface area contributed by atoms with Crippen LogP contribution < -0.4 is 5.32 Å². The standard InChI is InChI=1S/C19H21FN6O2/c1-19(4-2-3-5-19)14(6-15(27)28)25-18-13(20)9-23-17(26-18)12-8-22-16-11(12)7-21-10-24-16/h7-10,14H,2-6H2,1H3,(H,27,28)(H,21,22,24)(H,23,25,26). The second-order valence-electron chi connectivity index (χ2n) is 7.53. The molecule has 9 heteroatoms. The Morgan fingerprint density at radius 2 is 2.14 bits per heavy atom. The topological polar surface area (TPSA) is 117 Å². The summed E-state index contributed by atoms with van der Waals surface area (Å²) in [5.41, 5.74) is 1.07. The van der Waals surface area contributed by atoms with Crippen LogP contribution >= 0.6 is 0 Å². The third-order valence-corrected chi connectivity index (χ3v) is 5.62. The van der Waals surface area contributed by atoms with Gasteiger partial charge in [-0.1, -0.05) is 19.8 Å². The van der Waals surface area contributed by atoms with Crippen molar-refractivity contribution in [1.82, 2.24) is 24.9 Å². The molecule has 3 heterocycles. The number of aromatic amines is 1. The van der Waals surface area contributed by atoms with Gasteiger partial charge >= 0.3 is 5.97 Å². The van der Waals surface area contributed by atoms with E-state index in [-0.39, 0.29) is 17.7 Å². The van der Waals surface area contributed by atoms with Crippen LogP contribution in [-0.2, 0) is 4.79 Å². The van der Waals surface area contributed by atoms with Gasteiger partial charge in [-0.2, -0.15) is 0 Å². The number of nitrogens with zero attached hydrogens (tertiary/aromatic N) is 4. The fourth-order valence-corrected chi connectivity index (χ4v) is 3.99. The Hall–Kier alpha value is -3.10. The van der Waals surface area contributed by atoms with Gasteiger partial charge in [0.05, 0.1) is 12.6 Å². The second-order valence-corrected chi connectivity index (χ2v) is 7.53. The minimum absolute atomic E-state index is 0.00979. The number of aromatic nitrogens is 5. The van der Waals surface area contributed by atoms with E-state index in [0.29, 0.717) is 17.0 Å². The quantitative estimate of drug-likeness (QED) is 0.596. The molecule has 1 atom stereocenters. The highest BCUT2D eigenvalue weighted by Gasteiger charge is 2.38. The fourth-order valence-electron chi connectivity index (χ4n) is 3.99. The predicted octanol–water partition coefficient (Wildman–Crippen LogP) is 3.39. The summed E-state index contributed by atoms with van der Waals surface area (Å²) < 4.78 is 14.5. The number of carbonyl (C=O) groups is 1. The summed E-state index contributed by atoms with van der Waals surface area (Å²) in [4.78, 5) is 31.0. The maximum Gasteiger partial charge on any atom is 0.305 e. The largest absolute Gasteiger partial charge is 0.481 e. The summed E-state index contributed by atoms with van der Waals surface area (Å²) in [6.07, 6.45) is 9.65. The van der Waals surface area contributed by atoms with Gasteiger partial charge in [0, 0.05) is 29.4 Å². The number of anilines is 1. The van der Waals surface area contributed by atoms with Crippen LogP contribution in [0.3, 0.4) is 0 Å². The first-order valence-corrected chi connectivity index (χ1v) is 9.24. The number of aliphatic carboxylic acids is 1. The molecule has 1 fully saturated rings. The summed E-state index contributed by atoms with van der Waals surface area (Å²) in [6.45, 7) is 2.05. The first kappa shape index (κ1) is 18.3. The minimum atomic E-state index is -0.922. The van der Waals surface area contributed by atoms with Crippen molar-refractivity contribution in [2.75, 3.05) is 5.32 Å². The van der Waals surface area contributed by atoms with Crippen LogP contribution in [0.1, 0.15) is 39.0 Å². The van der Waals surface area contributed by atoms with Crippen LogP contribution in [0.2, 0.25) is 0 Å². The van der Waals surface area contributed by atoms with Crippen molar-refractivity contribution >= 4 is 22.8 Å². The molecular formula is C19H21FN6O2. The van der Waals surface area contributed by atoms with Crippen LogP contribution in [0, 0.1) is 11.2 Å². The Balaban J connectivity index is 1.69. The first-order valence-electron chi connectivity index (χ1n) is 9.24. The highest BCUT2D eigenvalue weighted by atomic mass is 19.1. The van der Waals surface area contributed by atoms with Crippen LogP contribution in [0.4, 0.5) is 10.2 Å². The number of hydrogen-bond acceptors (Lipinski definition) is 6. The molecule has 4 rings (SSSR count). The molecular weight excluding hydrogens is 363 g/mol. The maximum absolute atomic E-state index is 14.5. The Morgan fingerprint density at radius 1 is 1.36 bits per heavy atom. The Labute approximate surface area is 160 Å². The van der Waals surface area contributed by atoms with Crippen LogP contribution in [-0.4, -0.2) is 42.0 Å². The number of halogens is 1. The Kier molecular flexibility index (Phi) is 4.66. The molecule has 1 saturated carbocycles. The lowest BCUT2D eigenvalue weighted by atomic mass is 9.79. The molecule has 1 unspecified atom stereocenters. The molecule has 1 aliphatic rings. The van der Waals surface area contributed by atoms with Crippen molar-refractivity contribution in [3.8, 4) is 11.4 Å². The zero-order valence-corrected chi connectivity index (χ0v) is 15.4. The van der Waals surface area contributed by atoms with E-state index in [9.17, 15) is 14.3 Å². The summed E-state index contributed by atoms with van der Waals surface area (Å²) in [7, 11) is 0. The molecule has 0 aromatic carbocycles. The molecule has 0 bridgehead atoms. The van der Waals surface area contributed by atoms with Crippen LogP contribution in [0.25, 0.3) is 22.4 Å². The van der Waals surface area contributed by atoms with Gasteiger partial charge in [0.15, 0.2) is 17.5 Å². The van der Waals surface area contributed by atoms with E-state index < -0.39 is 17.8 Å². The number of rotatable bonds is 6. The van der Waals surface area contributed by atoms with Gasteiger partial charge in [-0.3, -0.25) is 4.79 Å². The van der Waals surface area contributed by atoms with Crippen molar-refractivity contribution in [2.45, 2.75) is 45.1 Å². The second kappa shape index (κ2) is 7.14. The monoisotopic (exact) mass is 384 g/mol. The van der Waals surface area contributed by atoms with Crippen molar-refractivity contribution in [1.29, 1.82) is 0 Å². The number of H-pyrrole nitrogens is 1. The average Bonchev–Trinajstić information content (AvgIpc) is 3.30. The fraction of sp³-hybridized carbons (Fsp3) is 0.421. The first-order chi connectivity index (χ1) is 13.5. The van der Waals surface area contributed by atoms with Gasteiger partial charge in [0.25, 0.3) is 0 Å². The van der Waals surface area contributed by atoms with Crippen molar-refractivity contribution < 1.29 is 14.3 Å². The summed E-state index contributed by atoms with van der Waals surface area (Å²) >= 11 is 0. The van der Waals surface area contributed by atoms with Crippen molar-refractivity contribution in [3.63, 3.8) is 0 Å². The minimum Gasteiger partial charge on any atom is -0.481 e. The number of fused-ring (bicyclic) bond motifs is 1. The van der Waals surface area contributed by atoms with Gasteiger partial charge in [-0.15, -0.1) is 0 Å². The zero-order valence-electron chi connectivity index (χ0n) is 15.4. The average molecular weight is 384 g/mol. The molecule has 0 radical (unpaired) electrons. The van der Waals surface area contributed by atoms with Gasteiger partial charge in [0.2, 0.25) is 0 Å². The number of carboxylic acid groups (broad SMARTS) is 1. The van der Waals surface area contributed by atoms with E-state index in [1.807, 2.05) is 0 Å². The van der Waals surface area contributed by atoms with E-state index in [1.165, 1.54) is 6.33 Å². The van der Waals surface area contributed by atoms with E-state index in [4.69, 9.17) is 0 Å². The van der Waals surface area contributed by atoms with Crippen molar-refractivity contribution in [3.05, 3.63) is 30.7 Å². The summed E-state index contributed by atoms with van der Waals surface area (Å²) in [5, 5.41) is 13.1. The smallest absolute Gasteiger partial charge is 0.305 e. The molecule has 8 nitrogen and oxygen atoms in total. The van der Waals surface area contributed by atoms with Gasteiger partial charge in [-0.25, -0.2) is 24.3 Å². The summed E-state index contributed by atoms with van der Waals surface area (Å²) in [6, 6.07) is -0.420. The highest BCUT2D eigenvalue weighted by molar-refractivity contribution is 5.90. The molecule has 3 aromatic rings. The molecule has 0 amide bonds. The lowest BCUT2D eigenvalue weighted by molar-refractivity contribution is -0.137. The van der Waals surface area contributed by atoms with E-state index in [0.717, 1.165) is 37.3 Å². The molecule has 146 valence electrons. The molecule has 28 heavy (non-hydrogen) atoms.